The number of hydrogen-bond acceptors (Lipinski definition) is 5. The van der Waals surface area contributed by atoms with Gasteiger partial charge in [-0.25, -0.2) is 14.6 Å². The highest BCUT2D eigenvalue weighted by atomic mass is 32.1. The number of nitrogens with one attached hydrogen (secondary N) is 2. The number of anilines is 1. The number of amides is 4. The summed E-state index contributed by atoms with van der Waals surface area (Å²) in [6.07, 6.45) is 2.37. The standard InChI is InChI=1S/C34H39N5O4S/c40-31(27-17-22-39(23-18-27)34(42)43)35-20-9-10-21-38(33(41)37-32-36-29-15-7-8-16-30(29)44-32)24-19-28(25-11-3-1-4-12-25)26-13-5-2-6-14-26/h1-8,11-16,27-28H,9-10,17-24H2,(H,35,40)(H,42,43)(H,36,37,41). The second-order valence-electron chi connectivity index (χ2n) is 11.1. The molecule has 1 fully saturated rings. The van der Waals surface area contributed by atoms with E-state index in [2.05, 4.69) is 39.9 Å². The first-order valence-corrected chi connectivity index (χ1v) is 16.1. The molecule has 0 spiro atoms. The molecule has 1 aliphatic heterocycles. The number of fused-ring (bicyclic) bond motifs is 1. The molecule has 0 atom stereocenters. The molecule has 3 N–H and O–H groups in total. The number of likely N-dealkylation sites (tertiary alicyclic amines) is 1. The van der Waals surface area contributed by atoms with Gasteiger partial charge in [0.1, 0.15) is 0 Å². The molecule has 2 heterocycles. The van der Waals surface area contributed by atoms with Gasteiger partial charge in [-0.3, -0.25) is 10.1 Å². The van der Waals surface area contributed by atoms with Crippen LogP contribution < -0.4 is 10.6 Å². The summed E-state index contributed by atoms with van der Waals surface area (Å²) in [6.45, 7) is 2.39. The number of para-hydroxylation sites is 1. The molecule has 1 saturated heterocycles. The molecule has 44 heavy (non-hydrogen) atoms. The Morgan fingerprint density at radius 3 is 2.16 bits per heavy atom. The first-order chi connectivity index (χ1) is 21.5. The summed E-state index contributed by atoms with van der Waals surface area (Å²) in [5.41, 5.74) is 3.28. The lowest BCUT2D eigenvalue weighted by molar-refractivity contribution is -0.126. The predicted molar refractivity (Wildman–Crippen MR) is 174 cm³/mol. The monoisotopic (exact) mass is 613 g/mol. The largest absolute Gasteiger partial charge is 0.465 e. The number of rotatable bonds is 12. The quantitative estimate of drug-likeness (QED) is 0.155. The zero-order valence-corrected chi connectivity index (χ0v) is 25.5. The number of urea groups is 1. The van der Waals surface area contributed by atoms with Crippen LogP contribution in [0.1, 0.15) is 49.1 Å². The van der Waals surface area contributed by atoms with Gasteiger partial charge in [-0.15, -0.1) is 0 Å². The number of piperidine rings is 1. The zero-order valence-electron chi connectivity index (χ0n) is 24.7. The minimum absolute atomic E-state index is 0.0194. The van der Waals surface area contributed by atoms with Gasteiger partial charge < -0.3 is 20.2 Å². The van der Waals surface area contributed by atoms with E-state index in [0.717, 1.165) is 29.5 Å². The van der Waals surface area contributed by atoms with Gasteiger partial charge in [-0.2, -0.15) is 0 Å². The average Bonchev–Trinajstić information content (AvgIpc) is 3.47. The Balaban J connectivity index is 1.19. The van der Waals surface area contributed by atoms with Crippen molar-refractivity contribution in [1.82, 2.24) is 20.1 Å². The fourth-order valence-corrected chi connectivity index (χ4v) is 6.56. The molecular weight excluding hydrogens is 574 g/mol. The third kappa shape index (κ3) is 8.35. The fraction of sp³-hybridized carbons (Fsp3) is 0.353. The van der Waals surface area contributed by atoms with Crippen molar-refractivity contribution in [3.8, 4) is 0 Å². The molecule has 4 aromatic rings. The molecule has 0 bridgehead atoms. The number of thiazole rings is 1. The van der Waals surface area contributed by atoms with E-state index in [9.17, 15) is 14.4 Å². The van der Waals surface area contributed by atoms with Crippen molar-refractivity contribution in [3.63, 3.8) is 0 Å². The second-order valence-corrected chi connectivity index (χ2v) is 12.1. The van der Waals surface area contributed by atoms with E-state index in [-0.39, 0.29) is 23.8 Å². The summed E-state index contributed by atoms with van der Waals surface area (Å²) in [6, 6.07) is 28.4. The number of benzene rings is 3. The van der Waals surface area contributed by atoms with E-state index in [1.54, 1.807) is 0 Å². The van der Waals surface area contributed by atoms with Crippen molar-refractivity contribution in [1.29, 1.82) is 0 Å². The third-order valence-corrected chi connectivity index (χ3v) is 9.13. The molecule has 0 radical (unpaired) electrons. The van der Waals surface area contributed by atoms with E-state index in [0.29, 0.717) is 50.7 Å². The van der Waals surface area contributed by atoms with E-state index >= 15 is 0 Å². The van der Waals surface area contributed by atoms with Crippen LogP contribution in [0.25, 0.3) is 10.2 Å². The Bertz CT molecular complexity index is 1450. The summed E-state index contributed by atoms with van der Waals surface area (Å²) in [7, 11) is 0. The SMILES string of the molecule is O=C(NCCCCN(CCC(c1ccccc1)c1ccccc1)C(=O)Nc1nc2ccccc2s1)C1CCN(C(=O)O)CC1. The number of carbonyl (C=O) groups is 3. The molecule has 4 amide bonds. The van der Waals surface area contributed by atoms with Crippen molar-refractivity contribution in [2.75, 3.05) is 38.0 Å². The summed E-state index contributed by atoms with van der Waals surface area (Å²) < 4.78 is 1.02. The van der Waals surface area contributed by atoms with E-state index in [4.69, 9.17) is 5.11 Å². The number of carbonyl (C=O) groups excluding carboxylic acids is 2. The molecular formula is C34H39N5O4S. The summed E-state index contributed by atoms with van der Waals surface area (Å²) in [5, 5.41) is 15.8. The minimum Gasteiger partial charge on any atom is -0.465 e. The molecule has 1 aromatic heterocycles. The lowest BCUT2D eigenvalue weighted by Gasteiger charge is -2.29. The number of carboxylic acid groups (broad SMARTS) is 1. The Hall–Kier alpha value is -4.44. The highest BCUT2D eigenvalue weighted by Gasteiger charge is 2.27. The van der Waals surface area contributed by atoms with Crippen molar-refractivity contribution in [3.05, 3.63) is 96.1 Å². The molecule has 3 aromatic carbocycles. The van der Waals surface area contributed by atoms with Gasteiger partial charge >= 0.3 is 12.1 Å². The zero-order chi connectivity index (χ0) is 30.7. The topological polar surface area (TPSA) is 115 Å². The Labute approximate surface area is 261 Å². The minimum atomic E-state index is -0.931. The van der Waals surface area contributed by atoms with Gasteiger partial charge in [0.25, 0.3) is 0 Å². The smallest absolute Gasteiger partial charge is 0.407 e. The molecule has 230 valence electrons. The molecule has 9 nitrogen and oxygen atoms in total. The number of hydrogen-bond donors (Lipinski definition) is 3. The van der Waals surface area contributed by atoms with Gasteiger partial charge in [0.15, 0.2) is 5.13 Å². The highest BCUT2D eigenvalue weighted by molar-refractivity contribution is 7.22. The van der Waals surface area contributed by atoms with Crippen LogP contribution in [0.2, 0.25) is 0 Å². The Morgan fingerprint density at radius 1 is 0.886 bits per heavy atom. The first kappa shape index (κ1) is 31.0. The lowest BCUT2D eigenvalue weighted by atomic mass is 9.88. The van der Waals surface area contributed by atoms with Crippen LogP contribution in [0, 0.1) is 5.92 Å². The summed E-state index contributed by atoms with van der Waals surface area (Å²) in [5.74, 6) is -0.0365. The van der Waals surface area contributed by atoms with E-state index in [1.165, 1.54) is 27.4 Å². The maximum absolute atomic E-state index is 13.6. The van der Waals surface area contributed by atoms with Crippen molar-refractivity contribution < 1.29 is 19.5 Å². The van der Waals surface area contributed by atoms with Crippen LogP contribution in [-0.2, 0) is 4.79 Å². The van der Waals surface area contributed by atoms with Crippen LogP contribution in [0.3, 0.4) is 0 Å². The van der Waals surface area contributed by atoms with Gasteiger partial charge in [-0.1, -0.05) is 84.1 Å². The maximum atomic E-state index is 13.6. The van der Waals surface area contributed by atoms with Crippen LogP contribution in [-0.4, -0.2) is 70.6 Å². The molecule has 0 saturated carbocycles. The molecule has 10 heteroatoms. The highest BCUT2D eigenvalue weighted by Crippen LogP contribution is 2.29. The van der Waals surface area contributed by atoms with Crippen molar-refractivity contribution >= 4 is 44.7 Å². The number of aromatic nitrogens is 1. The lowest BCUT2D eigenvalue weighted by Crippen LogP contribution is -2.42. The van der Waals surface area contributed by atoms with Crippen molar-refractivity contribution in [2.24, 2.45) is 5.92 Å². The maximum Gasteiger partial charge on any atom is 0.407 e. The fourth-order valence-electron chi connectivity index (χ4n) is 5.71. The molecule has 0 aliphatic carbocycles. The van der Waals surface area contributed by atoms with Crippen LogP contribution in [0.4, 0.5) is 14.7 Å². The molecule has 1 aliphatic rings. The number of nitrogens with zero attached hydrogens (tertiary/aromatic N) is 3. The third-order valence-electron chi connectivity index (χ3n) is 8.18. The summed E-state index contributed by atoms with van der Waals surface area (Å²) >= 11 is 1.46. The molecule has 5 rings (SSSR count). The average molecular weight is 614 g/mol. The van der Waals surface area contributed by atoms with Crippen LogP contribution >= 0.6 is 11.3 Å². The van der Waals surface area contributed by atoms with Gasteiger partial charge in [0.2, 0.25) is 5.91 Å². The summed E-state index contributed by atoms with van der Waals surface area (Å²) in [4.78, 5) is 45.2. The van der Waals surface area contributed by atoms with Gasteiger partial charge in [0.05, 0.1) is 10.2 Å². The molecule has 0 unspecified atom stereocenters. The van der Waals surface area contributed by atoms with Crippen LogP contribution in [0.5, 0.6) is 0 Å². The Kier molecular flexibility index (Phi) is 10.8. The van der Waals surface area contributed by atoms with Crippen LogP contribution in [0.15, 0.2) is 84.9 Å². The van der Waals surface area contributed by atoms with Gasteiger partial charge in [0, 0.05) is 44.6 Å². The first-order valence-electron chi connectivity index (χ1n) is 15.2. The van der Waals surface area contributed by atoms with E-state index in [1.807, 2.05) is 65.6 Å². The van der Waals surface area contributed by atoms with Gasteiger partial charge in [-0.05, 0) is 55.4 Å². The normalized spacial score (nSPS) is 13.6. The Morgan fingerprint density at radius 2 is 1.52 bits per heavy atom. The predicted octanol–water partition coefficient (Wildman–Crippen LogP) is 6.64. The second kappa shape index (κ2) is 15.3. The van der Waals surface area contributed by atoms with Crippen molar-refractivity contribution in [2.45, 2.75) is 38.0 Å². The van der Waals surface area contributed by atoms with E-state index < -0.39 is 6.09 Å². The number of unbranched alkanes of at least 4 members (excludes halogenated alkanes) is 1.